The van der Waals surface area contributed by atoms with Crippen LogP contribution in [0.5, 0.6) is 23.0 Å². The van der Waals surface area contributed by atoms with Crippen LogP contribution in [0.25, 0.3) is 6.08 Å². The number of benzene rings is 3. The number of fused-ring (bicyclic) bond motifs is 1. The minimum Gasteiger partial charge on any atom is -0.493 e. The molecule has 0 bridgehead atoms. The van der Waals surface area contributed by atoms with Crippen molar-refractivity contribution in [3.05, 3.63) is 112 Å². The van der Waals surface area contributed by atoms with Crippen molar-refractivity contribution in [1.82, 2.24) is 4.57 Å². The van der Waals surface area contributed by atoms with Crippen LogP contribution in [0.2, 0.25) is 0 Å². The van der Waals surface area contributed by atoms with Gasteiger partial charge >= 0.3 is 5.97 Å². The van der Waals surface area contributed by atoms with E-state index in [-0.39, 0.29) is 30.5 Å². The van der Waals surface area contributed by atoms with Crippen LogP contribution >= 0.6 is 27.3 Å². The number of esters is 1. The summed E-state index contributed by atoms with van der Waals surface area (Å²) in [6.07, 6.45) is 1.64. The number of carbonyl (C=O) groups is 1. The zero-order valence-corrected chi connectivity index (χ0v) is 29.7. The van der Waals surface area contributed by atoms with E-state index in [0.717, 1.165) is 10.0 Å². The summed E-state index contributed by atoms with van der Waals surface area (Å²) in [5.74, 6) is 1.34. The quantitative estimate of drug-likeness (QED) is 0.177. The van der Waals surface area contributed by atoms with E-state index in [1.165, 1.54) is 15.9 Å². The van der Waals surface area contributed by atoms with E-state index in [2.05, 4.69) is 27.0 Å². The number of thiazole rings is 1. The number of allylic oxidation sites excluding steroid dienone is 1. The average Bonchev–Trinajstić information content (AvgIpc) is 3.37. The summed E-state index contributed by atoms with van der Waals surface area (Å²) in [4.78, 5) is 32.8. The van der Waals surface area contributed by atoms with Gasteiger partial charge in [-0.3, -0.25) is 9.36 Å². The molecule has 4 aromatic rings. The molecule has 5 rings (SSSR count). The normalized spacial score (nSPS) is 14.2. The van der Waals surface area contributed by atoms with Crippen LogP contribution in [-0.2, 0) is 16.1 Å². The predicted molar refractivity (Wildman–Crippen MR) is 185 cm³/mol. The summed E-state index contributed by atoms with van der Waals surface area (Å²) >= 11 is 4.74. The SMILES string of the molecule is CCOC(=O)C1=C(C)N=c2s/c(=C/c3cc(Br)cc(OC)c3OCc3ccc(C#N)cc3)c(=O)n2[C@@H]1c1ccc(OC(C)C)c(OC)c1. The molecule has 0 saturated heterocycles. The van der Waals surface area contributed by atoms with Crippen LogP contribution in [0.1, 0.15) is 56.0 Å². The van der Waals surface area contributed by atoms with Crippen molar-refractivity contribution in [2.75, 3.05) is 20.8 Å². The Labute approximate surface area is 290 Å². The number of carbonyl (C=O) groups excluding carboxylic acids is 1. The van der Waals surface area contributed by atoms with Crippen LogP contribution in [0.15, 0.2) is 80.1 Å². The smallest absolute Gasteiger partial charge is 0.338 e. The third-order valence-electron chi connectivity index (χ3n) is 7.40. The maximum Gasteiger partial charge on any atom is 0.338 e. The zero-order chi connectivity index (χ0) is 34.5. The highest BCUT2D eigenvalue weighted by Crippen LogP contribution is 2.38. The first-order valence-electron chi connectivity index (χ1n) is 15.1. The molecule has 48 heavy (non-hydrogen) atoms. The van der Waals surface area contributed by atoms with E-state index < -0.39 is 12.0 Å². The van der Waals surface area contributed by atoms with E-state index in [0.29, 0.717) is 54.7 Å². The van der Waals surface area contributed by atoms with Gasteiger partial charge in [0.1, 0.15) is 6.61 Å². The number of hydrogen-bond donors (Lipinski definition) is 0. The fourth-order valence-electron chi connectivity index (χ4n) is 5.29. The van der Waals surface area contributed by atoms with Gasteiger partial charge in [-0.25, -0.2) is 9.79 Å². The number of ether oxygens (including phenoxy) is 5. The molecule has 2 heterocycles. The van der Waals surface area contributed by atoms with Crippen LogP contribution < -0.4 is 33.8 Å². The van der Waals surface area contributed by atoms with Crippen molar-refractivity contribution in [3.8, 4) is 29.1 Å². The molecule has 0 unspecified atom stereocenters. The largest absolute Gasteiger partial charge is 0.493 e. The Morgan fingerprint density at radius 2 is 1.81 bits per heavy atom. The summed E-state index contributed by atoms with van der Waals surface area (Å²) in [5, 5.41) is 9.14. The Morgan fingerprint density at radius 3 is 2.46 bits per heavy atom. The van der Waals surface area contributed by atoms with E-state index in [1.807, 2.05) is 38.1 Å². The number of hydrogen-bond acceptors (Lipinski definition) is 10. The highest BCUT2D eigenvalue weighted by Gasteiger charge is 2.34. The van der Waals surface area contributed by atoms with Crippen molar-refractivity contribution in [2.45, 2.75) is 46.4 Å². The first-order chi connectivity index (χ1) is 23.1. The highest BCUT2D eigenvalue weighted by molar-refractivity contribution is 9.10. The highest BCUT2D eigenvalue weighted by atomic mass is 79.9. The molecule has 1 aliphatic heterocycles. The monoisotopic (exact) mass is 731 g/mol. The molecule has 248 valence electrons. The maximum absolute atomic E-state index is 14.3. The molecule has 0 fully saturated rings. The summed E-state index contributed by atoms with van der Waals surface area (Å²) in [5.41, 5.74) is 2.98. The molecule has 0 saturated carbocycles. The number of nitrogens with zero attached hydrogens (tertiary/aromatic N) is 3. The van der Waals surface area contributed by atoms with Crippen molar-refractivity contribution in [3.63, 3.8) is 0 Å². The molecule has 3 aromatic carbocycles. The Hall–Kier alpha value is -4.86. The maximum atomic E-state index is 14.3. The zero-order valence-electron chi connectivity index (χ0n) is 27.3. The third kappa shape index (κ3) is 7.17. The molecule has 10 nitrogen and oxygen atoms in total. The lowest BCUT2D eigenvalue weighted by Crippen LogP contribution is -2.40. The van der Waals surface area contributed by atoms with Crippen molar-refractivity contribution >= 4 is 39.3 Å². The van der Waals surface area contributed by atoms with E-state index in [4.69, 9.17) is 28.9 Å². The van der Waals surface area contributed by atoms with Gasteiger partial charge in [0, 0.05) is 10.0 Å². The molecule has 1 aromatic heterocycles. The van der Waals surface area contributed by atoms with Crippen LogP contribution in [0.4, 0.5) is 0 Å². The van der Waals surface area contributed by atoms with Crippen molar-refractivity contribution in [1.29, 1.82) is 5.26 Å². The molecule has 0 aliphatic carbocycles. The van der Waals surface area contributed by atoms with Crippen LogP contribution in [-0.4, -0.2) is 37.5 Å². The topological polar surface area (TPSA) is 121 Å². The number of methoxy groups -OCH3 is 2. The fourth-order valence-corrected chi connectivity index (χ4v) is 6.78. The number of halogens is 1. The lowest BCUT2D eigenvalue weighted by Gasteiger charge is -2.25. The van der Waals surface area contributed by atoms with Crippen molar-refractivity contribution < 1.29 is 28.5 Å². The van der Waals surface area contributed by atoms with Gasteiger partial charge in [-0.2, -0.15) is 5.26 Å². The van der Waals surface area contributed by atoms with Gasteiger partial charge in [0.2, 0.25) is 0 Å². The molecule has 12 heteroatoms. The number of rotatable bonds is 11. The Bertz CT molecular complexity index is 2110. The first-order valence-corrected chi connectivity index (χ1v) is 16.7. The molecule has 0 spiro atoms. The average molecular weight is 733 g/mol. The molecule has 0 radical (unpaired) electrons. The van der Waals surface area contributed by atoms with Gasteiger partial charge in [0.15, 0.2) is 27.8 Å². The standard InChI is InChI=1S/C36H34BrN3O7S/c1-7-45-35(42)31-21(4)39-36-40(32(31)24-12-13-27(47-20(2)3)28(15-24)43-5)34(41)30(48-36)16-25-14-26(37)17-29(44-6)33(25)46-19-23-10-8-22(18-38)9-11-23/h8-17,20,32H,7,19H2,1-6H3/b30-16+/t32-/m1/s1. The molecule has 0 amide bonds. The molecular weight excluding hydrogens is 698 g/mol. The predicted octanol–water partition coefficient (Wildman–Crippen LogP) is 5.82. The Morgan fingerprint density at radius 1 is 1.08 bits per heavy atom. The van der Waals surface area contributed by atoms with Crippen molar-refractivity contribution in [2.24, 2.45) is 4.99 Å². The molecule has 1 aliphatic rings. The minimum atomic E-state index is -0.839. The second-order valence-electron chi connectivity index (χ2n) is 11.0. The van der Waals surface area contributed by atoms with Crippen LogP contribution in [0, 0.1) is 11.3 Å². The number of nitriles is 1. The fraction of sp³-hybridized carbons (Fsp3) is 0.278. The molecule has 0 N–H and O–H groups in total. The lowest BCUT2D eigenvalue weighted by molar-refractivity contribution is -0.139. The molecular formula is C36H34BrN3O7S. The lowest BCUT2D eigenvalue weighted by atomic mass is 9.95. The summed E-state index contributed by atoms with van der Waals surface area (Å²) in [6.45, 7) is 7.66. The number of aromatic nitrogens is 1. The first kappa shape index (κ1) is 34.5. The van der Waals surface area contributed by atoms with Gasteiger partial charge in [-0.1, -0.05) is 45.5 Å². The van der Waals surface area contributed by atoms with E-state index >= 15 is 0 Å². The molecule has 1 atom stereocenters. The van der Waals surface area contributed by atoms with Gasteiger partial charge in [0.25, 0.3) is 5.56 Å². The second-order valence-corrected chi connectivity index (χ2v) is 12.9. The summed E-state index contributed by atoms with van der Waals surface area (Å²) < 4.78 is 31.5. The second kappa shape index (κ2) is 14.9. The third-order valence-corrected chi connectivity index (χ3v) is 8.84. The van der Waals surface area contributed by atoms with Crippen LogP contribution in [0.3, 0.4) is 0 Å². The van der Waals surface area contributed by atoms with Gasteiger partial charge in [-0.05, 0) is 81.3 Å². The van der Waals surface area contributed by atoms with Gasteiger partial charge < -0.3 is 23.7 Å². The van der Waals surface area contributed by atoms with Gasteiger partial charge in [0.05, 0.1) is 60.4 Å². The van der Waals surface area contributed by atoms with E-state index in [9.17, 15) is 9.59 Å². The Balaban J connectivity index is 1.66. The van der Waals surface area contributed by atoms with Gasteiger partial charge in [-0.15, -0.1) is 0 Å². The summed E-state index contributed by atoms with van der Waals surface area (Å²) in [6, 6.07) is 17.3. The Kier molecular flexibility index (Phi) is 10.7. The minimum absolute atomic E-state index is 0.0886. The summed E-state index contributed by atoms with van der Waals surface area (Å²) in [7, 11) is 3.08. The van der Waals surface area contributed by atoms with E-state index in [1.54, 1.807) is 64.5 Å².